The molecule has 0 radical (unpaired) electrons. The zero-order valence-electron chi connectivity index (χ0n) is 12.3. The summed E-state index contributed by atoms with van der Waals surface area (Å²) in [5.41, 5.74) is 2.47. The number of rotatable bonds is 7. The third-order valence-electron chi connectivity index (χ3n) is 3.47. The van der Waals surface area contributed by atoms with Crippen LogP contribution in [0.3, 0.4) is 0 Å². The highest BCUT2D eigenvalue weighted by Crippen LogP contribution is 2.16. The summed E-state index contributed by atoms with van der Waals surface area (Å²) in [5.74, 6) is 0.312. The van der Waals surface area contributed by atoms with E-state index in [-0.39, 0.29) is 0 Å². The molecule has 1 atom stereocenters. The monoisotopic (exact) mass is 303 g/mol. The van der Waals surface area contributed by atoms with E-state index in [0.717, 1.165) is 30.8 Å². The van der Waals surface area contributed by atoms with Gasteiger partial charge in [-0.3, -0.25) is 0 Å². The van der Waals surface area contributed by atoms with E-state index in [2.05, 4.69) is 18.3 Å². The molecule has 0 spiro atoms. The van der Waals surface area contributed by atoms with Gasteiger partial charge in [-0.2, -0.15) is 0 Å². The van der Waals surface area contributed by atoms with Crippen LogP contribution in [0.1, 0.15) is 24.5 Å². The van der Waals surface area contributed by atoms with E-state index in [0.29, 0.717) is 11.8 Å². The fraction of sp³-hybridized carbons (Fsp3) is 0.333. The quantitative estimate of drug-likeness (QED) is 0.803. The van der Waals surface area contributed by atoms with Crippen molar-refractivity contribution in [1.29, 1.82) is 0 Å². The average molecular weight is 304 g/mol. The Morgan fingerprint density at radius 3 is 2.43 bits per heavy atom. The van der Waals surface area contributed by atoms with Crippen molar-refractivity contribution in [3.05, 3.63) is 64.7 Å². The molecule has 1 unspecified atom stereocenters. The first-order valence-electron chi connectivity index (χ1n) is 7.43. The van der Waals surface area contributed by atoms with E-state index < -0.39 is 0 Å². The summed E-state index contributed by atoms with van der Waals surface area (Å²) in [5, 5.41) is 13.7. The molecule has 0 aliphatic heterocycles. The molecule has 0 heterocycles. The van der Waals surface area contributed by atoms with Gasteiger partial charge in [0.25, 0.3) is 0 Å². The summed E-state index contributed by atoms with van der Waals surface area (Å²) in [6, 6.07) is 15.9. The van der Waals surface area contributed by atoms with Gasteiger partial charge >= 0.3 is 0 Å². The van der Waals surface area contributed by atoms with Crippen molar-refractivity contribution in [2.24, 2.45) is 0 Å². The molecule has 2 rings (SSSR count). The summed E-state index contributed by atoms with van der Waals surface area (Å²) < 4.78 is 0. The van der Waals surface area contributed by atoms with Gasteiger partial charge in [-0.15, -0.1) is 0 Å². The summed E-state index contributed by atoms with van der Waals surface area (Å²) in [4.78, 5) is 0. The van der Waals surface area contributed by atoms with Crippen LogP contribution in [0.15, 0.2) is 48.5 Å². The number of benzene rings is 2. The molecule has 2 N–H and O–H groups in total. The highest BCUT2D eigenvalue weighted by atomic mass is 35.5. The van der Waals surface area contributed by atoms with Crippen molar-refractivity contribution in [3.8, 4) is 5.75 Å². The molecular weight excluding hydrogens is 282 g/mol. The standard InChI is InChI=1S/C18H22ClNO/c1-2-10-20-17(12-14-6-8-18(21)9-7-14)13-15-4-3-5-16(19)11-15/h3-9,11,17,20-21H,2,10,12-13H2,1H3. The Kier molecular flexibility index (Phi) is 6.09. The molecule has 0 aliphatic carbocycles. The molecule has 3 heteroatoms. The van der Waals surface area contributed by atoms with Crippen LogP contribution in [0, 0.1) is 0 Å². The molecule has 2 aromatic rings. The summed E-state index contributed by atoms with van der Waals surface area (Å²) in [7, 11) is 0. The lowest BCUT2D eigenvalue weighted by Gasteiger charge is -2.19. The smallest absolute Gasteiger partial charge is 0.115 e. The lowest BCUT2D eigenvalue weighted by Crippen LogP contribution is -2.33. The largest absolute Gasteiger partial charge is 0.508 e. The van der Waals surface area contributed by atoms with Gasteiger partial charge in [0.15, 0.2) is 0 Å². The van der Waals surface area contributed by atoms with E-state index in [1.807, 2.05) is 30.3 Å². The van der Waals surface area contributed by atoms with E-state index >= 15 is 0 Å². The highest BCUT2D eigenvalue weighted by molar-refractivity contribution is 6.30. The maximum absolute atomic E-state index is 9.37. The summed E-state index contributed by atoms with van der Waals surface area (Å²) >= 11 is 6.06. The molecule has 21 heavy (non-hydrogen) atoms. The van der Waals surface area contributed by atoms with Crippen molar-refractivity contribution in [2.75, 3.05) is 6.54 Å². The average Bonchev–Trinajstić information content (AvgIpc) is 2.47. The van der Waals surface area contributed by atoms with Gasteiger partial charge in [0, 0.05) is 11.1 Å². The SMILES string of the molecule is CCCNC(Cc1ccc(O)cc1)Cc1cccc(Cl)c1. The fourth-order valence-electron chi connectivity index (χ4n) is 2.43. The molecule has 2 aromatic carbocycles. The van der Waals surface area contributed by atoms with Crippen molar-refractivity contribution in [1.82, 2.24) is 5.32 Å². The van der Waals surface area contributed by atoms with Crippen LogP contribution in [0.5, 0.6) is 5.75 Å². The number of aromatic hydroxyl groups is 1. The maximum Gasteiger partial charge on any atom is 0.115 e. The molecule has 112 valence electrons. The Morgan fingerprint density at radius 1 is 1.05 bits per heavy atom. The van der Waals surface area contributed by atoms with Gasteiger partial charge in [-0.05, 0) is 61.2 Å². The second-order valence-corrected chi connectivity index (χ2v) is 5.79. The van der Waals surface area contributed by atoms with Crippen LogP contribution in [0.2, 0.25) is 5.02 Å². The fourth-order valence-corrected chi connectivity index (χ4v) is 2.64. The normalized spacial score (nSPS) is 12.3. The minimum absolute atomic E-state index is 0.312. The van der Waals surface area contributed by atoms with Gasteiger partial charge in [0.1, 0.15) is 5.75 Å². The Hall–Kier alpha value is -1.51. The first-order chi connectivity index (χ1) is 10.2. The Balaban J connectivity index is 2.04. The lowest BCUT2D eigenvalue weighted by molar-refractivity contribution is 0.474. The molecule has 2 nitrogen and oxygen atoms in total. The van der Waals surface area contributed by atoms with Crippen LogP contribution in [-0.2, 0) is 12.8 Å². The van der Waals surface area contributed by atoms with Crippen LogP contribution >= 0.6 is 11.6 Å². The molecule has 0 amide bonds. The maximum atomic E-state index is 9.37. The van der Waals surface area contributed by atoms with Crippen LogP contribution < -0.4 is 5.32 Å². The van der Waals surface area contributed by atoms with Gasteiger partial charge in [-0.25, -0.2) is 0 Å². The molecular formula is C18H22ClNO. The predicted molar refractivity (Wildman–Crippen MR) is 89.0 cm³/mol. The third-order valence-corrected chi connectivity index (χ3v) is 3.71. The molecule has 0 fully saturated rings. The predicted octanol–water partition coefficient (Wildman–Crippen LogP) is 4.20. The van der Waals surface area contributed by atoms with Crippen molar-refractivity contribution < 1.29 is 5.11 Å². The Labute approximate surface area is 131 Å². The molecule has 0 saturated heterocycles. The van der Waals surface area contributed by atoms with Crippen molar-refractivity contribution >= 4 is 11.6 Å². The number of nitrogens with one attached hydrogen (secondary N) is 1. The topological polar surface area (TPSA) is 32.3 Å². The Bertz CT molecular complexity index is 553. The molecule has 0 aromatic heterocycles. The number of phenolic OH excluding ortho intramolecular Hbond substituents is 1. The van der Waals surface area contributed by atoms with E-state index in [4.69, 9.17) is 11.6 Å². The number of hydrogen-bond donors (Lipinski definition) is 2. The second-order valence-electron chi connectivity index (χ2n) is 5.36. The minimum atomic E-state index is 0.312. The minimum Gasteiger partial charge on any atom is -0.508 e. The lowest BCUT2D eigenvalue weighted by atomic mass is 9.99. The summed E-state index contributed by atoms with van der Waals surface area (Å²) in [6.07, 6.45) is 3.00. The van der Waals surface area contributed by atoms with Gasteiger partial charge in [-0.1, -0.05) is 42.8 Å². The number of halogens is 1. The van der Waals surface area contributed by atoms with Gasteiger partial charge in [0.05, 0.1) is 0 Å². The molecule has 0 aliphatic rings. The highest BCUT2D eigenvalue weighted by Gasteiger charge is 2.10. The van der Waals surface area contributed by atoms with Crippen LogP contribution in [0.25, 0.3) is 0 Å². The van der Waals surface area contributed by atoms with Crippen LogP contribution in [-0.4, -0.2) is 17.7 Å². The van der Waals surface area contributed by atoms with Crippen molar-refractivity contribution in [3.63, 3.8) is 0 Å². The second kappa shape index (κ2) is 8.06. The molecule has 0 saturated carbocycles. The third kappa shape index (κ3) is 5.41. The molecule has 0 bridgehead atoms. The van der Waals surface area contributed by atoms with Crippen molar-refractivity contribution in [2.45, 2.75) is 32.2 Å². The Morgan fingerprint density at radius 2 is 1.76 bits per heavy atom. The number of phenols is 1. The zero-order valence-corrected chi connectivity index (χ0v) is 13.1. The van der Waals surface area contributed by atoms with Crippen LogP contribution in [0.4, 0.5) is 0 Å². The first kappa shape index (κ1) is 15.9. The van der Waals surface area contributed by atoms with E-state index in [1.54, 1.807) is 12.1 Å². The zero-order chi connectivity index (χ0) is 15.1. The van der Waals surface area contributed by atoms with E-state index in [1.165, 1.54) is 11.1 Å². The van der Waals surface area contributed by atoms with E-state index in [9.17, 15) is 5.11 Å². The first-order valence-corrected chi connectivity index (χ1v) is 7.81. The summed E-state index contributed by atoms with van der Waals surface area (Å²) in [6.45, 7) is 3.17. The van der Waals surface area contributed by atoms with Gasteiger partial charge < -0.3 is 10.4 Å². The number of hydrogen-bond acceptors (Lipinski definition) is 2. The van der Waals surface area contributed by atoms with Gasteiger partial charge in [0.2, 0.25) is 0 Å².